The minimum Gasteiger partial charge on any atom is -0.481 e. The van der Waals surface area contributed by atoms with Gasteiger partial charge < -0.3 is 10.4 Å². The summed E-state index contributed by atoms with van der Waals surface area (Å²) >= 11 is 0. The first kappa shape index (κ1) is 11.8. The van der Waals surface area contributed by atoms with E-state index in [4.69, 9.17) is 0 Å². The monoisotopic (exact) mass is 235 g/mol. The molecule has 0 aromatic carbocycles. The molecule has 1 aliphatic rings. The Morgan fingerprint density at radius 3 is 2.65 bits per heavy atom. The Labute approximate surface area is 100 Å². The van der Waals surface area contributed by atoms with Crippen molar-refractivity contribution in [1.82, 2.24) is 9.97 Å². The summed E-state index contributed by atoms with van der Waals surface area (Å²) in [4.78, 5) is 19.6. The normalized spacial score (nSPS) is 17.3. The van der Waals surface area contributed by atoms with Crippen LogP contribution in [-0.2, 0) is 4.79 Å². The third-order valence-electron chi connectivity index (χ3n) is 3.34. The lowest BCUT2D eigenvalue weighted by atomic mass is 9.69. The molecular formula is C12H17N3O2. The maximum absolute atomic E-state index is 11.2. The Kier molecular flexibility index (Phi) is 3.00. The van der Waals surface area contributed by atoms with Gasteiger partial charge in [0.15, 0.2) is 0 Å². The van der Waals surface area contributed by atoms with Gasteiger partial charge in [0, 0.05) is 18.3 Å². The number of anilines is 1. The zero-order valence-corrected chi connectivity index (χ0v) is 10.2. The van der Waals surface area contributed by atoms with E-state index in [0.717, 1.165) is 25.0 Å². The Morgan fingerprint density at radius 1 is 1.47 bits per heavy atom. The second-order valence-electron chi connectivity index (χ2n) is 4.73. The number of aliphatic carboxylic acids is 1. The zero-order valence-electron chi connectivity index (χ0n) is 10.2. The fraction of sp³-hybridized carbons (Fsp3) is 0.583. The first-order valence-corrected chi connectivity index (χ1v) is 5.81. The maximum Gasteiger partial charge on any atom is 0.311 e. The lowest BCUT2D eigenvalue weighted by Crippen LogP contribution is -2.43. The molecule has 1 aromatic heterocycles. The highest BCUT2D eigenvalue weighted by molar-refractivity contribution is 5.76. The molecule has 92 valence electrons. The minimum absolute atomic E-state index is 0.443. The van der Waals surface area contributed by atoms with Crippen molar-refractivity contribution in [3.05, 3.63) is 17.6 Å². The van der Waals surface area contributed by atoms with Crippen molar-refractivity contribution in [3.63, 3.8) is 0 Å². The molecule has 0 amide bonds. The molecule has 0 unspecified atom stereocenters. The molecule has 17 heavy (non-hydrogen) atoms. The first-order valence-electron chi connectivity index (χ1n) is 5.81. The summed E-state index contributed by atoms with van der Waals surface area (Å²) in [5.41, 5.74) is 0.297. The number of aryl methyl sites for hydroxylation is 2. The number of hydrogen-bond acceptors (Lipinski definition) is 4. The van der Waals surface area contributed by atoms with Crippen LogP contribution < -0.4 is 5.32 Å². The topological polar surface area (TPSA) is 75.1 Å². The molecule has 0 spiro atoms. The summed E-state index contributed by atoms with van der Waals surface area (Å²) in [7, 11) is 0. The average Bonchev–Trinajstić information content (AvgIpc) is 2.13. The van der Waals surface area contributed by atoms with Gasteiger partial charge in [-0.15, -0.1) is 0 Å². The molecule has 1 heterocycles. The van der Waals surface area contributed by atoms with Crippen LogP contribution in [0.2, 0.25) is 0 Å². The van der Waals surface area contributed by atoms with Crippen molar-refractivity contribution in [2.45, 2.75) is 33.1 Å². The van der Waals surface area contributed by atoms with E-state index in [1.165, 1.54) is 0 Å². The van der Waals surface area contributed by atoms with E-state index in [2.05, 4.69) is 15.3 Å². The predicted octanol–water partition coefficient (Wildman–Crippen LogP) is 1.76. The Bertz CT molecular complexity index is 421. The van der Waals surface area contributed by atoms with Crippen LogP contribution in [-0.4, -0.2) is 27.6 Å². The lowest BCUT2D eigenvalue weighted by molar-refractivity contribution is -0.153. The Morgan fingerprint density at radius 2 is 2.18 bits per heavy atom. The van der Waals surface area contributed by atoms with Gasteiger partial charge in [-0.3, -0.25) is 4.79 Å². The number of carboxylic acid groups (broad SMARTS) is 1. The minimum atomic E-state index is -0.709. The fourth-order valence-corrected chi connectivity index (χ4v) is 2.14. The summed E-state index contributed by atoms with van der Waals surface area (Å²) in [6.07, 6.45) is 2.49. The van der Waals surface area contributed by atoms with E-state index in [1.54, 1.807) is 0 Å². The molecule has 1 fully saturated rings. The van der Waals surface area contributed by atoms with Gasteiger partial charge in [-0.1, -0.05) is 6.42 Å². The van der Waals surface area contributed by atoms with Crippen molar-refractivity contribution in [3.8, 4) is 0 Å². The van der Waals surface area contributed by atoms with Crippen LogP contribution in [0.1, 0.15) is 30.8 Å². The standard InChI is InChI=1S/C12H17N3O2/c1-8-6-10(15-9(2)14-8)13-7-12(11(16)17)4-3-5-12/h6H,3-5,7H2,1-2H3,(H,16,17)(H,13,14,15). The smallest absolute Gasteiger partial charge is 0.311 e. The summed E-state index contributed by atoms with van der Waals surface area (Å²) in [5, 5.41) is 12.3. The van der Waals surface area contributed by atoms with E-state index >= 15 is 0 Å². The number of nitrogens with one attached hydrogen (secondary N) is 1. The van der Waals surface area contributed by atoms with Gasteiger partial charge in [0.1, 0.15) is 11.6 Å². The van der Waals surface area contributed by atoms with Gasteiger partial charge in [-0.2, -0.15) is 0 Å². The second kappa shape index (κ2) is 4.31. The molecule has 2 N–H and O–H groups in total. The molecule has 0 radical (unpaired) electrons. The van der Waals surface area contributed by atoms with Gasteiger partial charge in [-0.25, -0.2) is 9.97 Å². The van der Waals surface area contributed by atoms with Crippen LogP contribution in [0.25, 0.3) is 0 Å². The molecule has 5 heteroatoms. The van der Waals surface area contributed by atoms with Crippen LogP contribution in [0.15, 0.2) is 6.07 Å². The summed E-state index contributed by atoms with van der Waals surface area (Å²) in [5.74, 6) is 0.701. The molecule has 1 saturated carbocycles. The van der Waals surface area contributed by atoms with Gasteiger partial charge in [0.25, 0.3) is 0 Å². The highest BCUT2D eigenvalue weighted by atomic mass is 16.4. The first-order chi connectivity index (χ1) is 8.02. The van der Waals surface area contributed by atoms with E-state index in [1.807, 2.05) is 19.9 Å². The Hall–Kier alpha value is -1.65. The van der Waals surface area contributed by atoms with Crippen LogP contribution in [0.5, 0.6) is 0 Å². The summed E-state index contributed by atoms with van der Waals surface area (Å²) in [6.45, 7) is 4.17. The quantitative estimate of drug-likeness (QED) is 0.831. The number of nitrogens with zero attached hydrogens (tertiary/aromatic N) is 2. The lowest BCUT2D eigenvalue weighted by Gasteiger charge is -2.37. The van der Waals surface area contributed by atoms with E-state index in [9.17, 15) is 9.90 Å². The molecule has 1 aromatic rings. The average molecular weight is 235 g/mol. The van der Waals surface area contributed by atoms with Gasteiger partial charge in [0.05, 0.1) is 5.41 Å². The third-order valence-corrected chi connectivity index (χ3v) is 3.34. The Balaban J connectivity index is 2.04. The fourth-order valence-electron chi connectivity index (χ4n) is 2.14. The number of carboxylic acids is 1. The number of hydrogen-bond donors (Lipinski definition) is 2. The zero-order chi connectivity index (χ0) is 12.5. The van der Waals surface area contributed by atoms with Crippen molar-refractivity contribution >= 4 is 11.8 Å². The van der Waals surface area contributed by atoms with E-state index in [-0.39, 0.29) is 0 Å². The molecule has 0 saturated heterocycles. The van der Waals surface area contributed by atoms with E-state index in [0.29, 0.717) is 18.2 Å². The highest BCUT2D eigenvalue weighted by Gasteiger charge is 2.44. The van der Waals surface area contributed by atoms with Crippen LogP contribution in [0.3, 0.4) is 0 Å². The molecule has 5 nitrogen and oxygen atoms in total. The van der Waals surface area contributed by atoms with E-state index < -0.39 is 11.4 Å². The largest absolute Gasteiger partial charge is 0.481 e. The summed E-state index contributed by atoms with van der Waals surface area (Å²) < 4.78 is 0. The number of carbonyl (C=O) groups is 1. The van der Waals surface area contributed by atoms with Crippen molar-refractivity contribution in [2.75, 3.05) is 11.9 Å². The second-order valence-corrected chi connectivity index (χ2v) is 4.73. The molecule has 2 rings (SSSR count). The molecule has 0 atom stereocenters. The molecule has 0 aliphatic heterocycles. The molecule has 0 bridgehead atoms. The summed E-state index contributed by atoms with van der Waals surface area (Å²) in [6, 6.07) is 1.83. The third kappa shape index (κ3) is 2.38. The highest BCUT2D eigenvalue weighted by Crippen LogP contribution is 2.41. The molecule has 1 aliphatic carbocycles. The number of rotatable bonds is 4. The SMILES string of the molecule is Cc1cc(NCC2(C(=O)O)CCC2)nc(C)n1. The predicted molar refractivity (Wildman–Crippen MR) is 63.9 cm³/mol. The maximum atomic E-state index is 11.2. The van der Waals surface area contributed by atoms with Crippen LogP contribution in [0.4, 0.5) is 5.82 Å². The van der Waals surface area contributed by atoms with Crippen molar-refractivity contribution in [1.29, 1.82) is 0 Å². The van der Waals surface area contributed by atoms with Gasteiger partial charge in [0.2, 0.25) is 0 Å². The van der Waals surface area contributed by atoms with Crippen molar-refractivity contribution in [2.24, 2.45) is 5.41 Å². The van der Waals surface area contributed by atoms with Crippen LogP contribution in [0, 0.1) is 19.3 Å². The number of aromatic nitrogens is 2. The van der Waals surface area contributed by atoms with Gasteiger partial charge >= 0.3 is 5.97 Å². The van der Waals surface area contributed by atoms with Crippen molar-refractivity contribution < 1.29 is 9.90 Å². The van der Waals surface area contributed by atoms with Crippen LogP contribution >= 0.6 is 0 Å². The van der Waals surface area contributed by atoms with Gasteiger partial charge in [-0.05, 0) is 26.7 Å². The molecular weight excluding hydrogens is 218 g/mol.